The van der Waals surface area contributed by atoms with Crippen LogP contribution in [0.2, 0.25) is 0 Å². The van der Waals surface area contributed by atoms with Gasteiger partial charge in [0, 0.05) is 4.47 Å². The molecule has 24 heavy (non-hydrogen) atoms. The predicted octanol–water partition coefficient (Wildman–Crippen LogP) is 6.55. The maximum atomic E-state index is 11.2. The Morgan fingerprint density at radius 3 is 2.83 bits per heavy atom. The molecule has 0 aliphatic rings. The number of carbonyl (C=O) groups excluding carboxylic acids is 1. The molecule has 0 N–H and O–H groups in total. The third-order valence-corrected chi connectivity index (χ3v) is 6.72. The average molecular weight is 547 g/mol. The topological polar surface area (TPSA) is 35.5 Å². The molecule has 0 bridgehead atoms. The highest BCUT2D eigenvalue weighted by molar-refractivity contribution is 14.2. The minimum absolute atomic E-state index is 0.149. The summed E-state index contributed by atoms with van der Waals surface area (Å²) in [6.45, 7) is 4.97. The minimum atomic E-state index is -0.151. The van der Waals surface area contributed by atoms with Crippen molar-refractivity contribution in [2.24, 2.45) is 5.41 Å². The van der Waals surface area contributed by atoms with Gasteiger partial charge in [-0.15, -0.1) is 11.8 Å². The van der Waals surface area contributed by atoms with Crippen molar-refractivity contribution in [3.05, 3.63) is 34.3 Å². The van der Waals surface area contributed by atoms with E-state index in [1.807, 2.05) is 6.07 Å². The van der Waals surface area contributed by atoms with Crippen LogP contribution >= 0.6 is 56.2 Å². The highest BCUT2D eigenvalue weighted by atomic mass is 127. The van der Waals surface area contributed by atoms with Gasteiger partial charge in [-0.25, -0.2) is 0 Å². The summed E-state index contributed by atoms with van der Waals surface area (Å²) in [6.07, 6.45) is 3.37. The highest BCUT2D eigenvalue weighted by Crippen LogP contribution is 2.37. The van der Waals surface area contributed by atoms with Gasteiger partial charge in [-0.1, -0.05) is 41.9 Å². The van der Waals surface area contributed by atoms with Gasteiger partial charge in [0.05, 0.1) is 25.4 Å². The van der Waals surface area contributed by atoms with E-state index in [0.717, 1.165) is 29.5 Å². The molecule has 1 aromatic rings. The Bertz CT molecular complexity index is 516. The fourth-order valence-electron chi connectivity index (χ4n) is 2.36. The van der Waals surface area contributed by atoms with Crippen LogP contribution in [0.1, 0.15) is 44.8 Å². The fraction of sp³-hybridized carbons (Fsp3) is 0.588. The number of hydrogen-bond donors (Lipinski definition) is 0. The maximum Gasteiger partial charge on any atom is 0.315 e. The summed E-state index contributed by atoms with van der Waals surface area (Å²) in [5.41, 5.74) is 1.43. The Balaban J connectivity index is 2.45. The van der Waals surface area contributed by atoms with Crippen LogP contribution in [0.25, 0.3) is 0 Å². The van der Waals surface area contributed by atoms with Crippen LogP contribution in [-0.2, 0) is 14.1 Å². The van der Waals surface area contributed by atoms with E-state index in [1.54, 1.807) is 11.8 Å². The zero-order valence-electron chi connectivity index (χ0n) is 14.3. The summed E-state index contributed by atoms with van der Waals surface area (Å²) < 4.78 is 11.7. The Morgan fingerprint density at radius 2 is 2.21 bits per heavy atom. The molecular formula is C17H25BrIO3PS. The van der Waals surface area contributed by atoms with Crippen LogP contribution in [0.5, 0.6) is 0 Å². The third-order valence-electron chi connectivity index (χ3n) is 3.67. The summed E-state index contributed by atoms with van der Waals surface area (Å²) in [5.74, 6) is 1.24. The second kappa shape index (κ2) is 12.1. The lowest BCUT2D eigenvalue weighted by Gasteiger charge is -2.25. The molecule has 0 saturated carbocycles. The van der Waals surface area contributed by atoms with Crippen LogP contribution in [0, 0.1) is 5.41 Å². The number of thioether (sulfide) groups is 1. The molecule has 2 unspecified atom stereocenters. The van der Waals surface area contributed by atoms with Crippen LogP contribution in [0.3, 0.4) is 0 Å². The maximum absolute atomic E-state index is 11.2. The van der Waals surface area contributed by atoms with Crippen molar-refractivity contribution in [1.82, 2.24) is 0 Å². The molecule has 0 saturated heterocycles. The van der Waals surface area contributed by atoms with Crippen LogP contribution in [-0.4, -0.2) is 24.6 Å². The Kier molecular flexibility index (Phi) is 11.4. The molecule has 1 aromatic carbocycles. The van der Waals surface area contributed by atoms with Gasteiger partial charge >= 0.3 is 5.97 Å². The van der Waals surface area contributed by atoms with Gasteiger partial charge in [0.1, 0.15) is 0 Å². The van der Waals surface area contributed by atoms with Gasteiger partial charge in [-0.3, -0.25) is 4.79 Å². The Morgan fingerprint density at radius 1 is 1.46 bits per heavy atom. The number of ether oxygens (including phenoxy) is 1. The zero-order valence-corrected chi connectivity index (χ0v) is 19.9. The quantitative estimate of drug-likeness (QED) is 0.179. The smallest absolute Gasteiger partial charge is 0.315 e. The lowest BCUT2D eigenvalue weighted by atomic mass is 9.88. The van der Waals surface area contributed by atoms with E-state index in [1.165, 1.54) is 12.7 Å². The second-order valence-corrected chi connectivity index (χ2v) is 9.98. The summed E-state index contributed by atoms with van der Waals surface area (Å²) in [6, 6.07) is 8.36. The number of esters is 1. The Labute approximate surface area is 172 Å². The van der Waals surface area contributed by atoms with Crippen molar-refractivity contribution in [2.75, 3.05) is 18.6 Å². The SMILES string of the molecule is COC(=O)CSCC(C)(C)CCCC(OPI)c1cccc(Br)c1. The first-order valence-corrected chi connectivity index (χ1v) is 13.8. The van der Waals surface area contributed by atoms with Gasteiger partial charge in [-0.2, -0.15) is 0 Å². The molecule has 0 aromatic heterocycles. The van der Waals surface area contributed by atoms with Gasteiger partial charge in [0.2, 0.25) is 0 Å². The standard InChI is InChI=1S/C17H25BrIO3PS/c1-17(2,12-24-11-16(20)21-3)9-5-8-15(22-23-19)13-6-4-7-14(18)10-13/h4,6-7,10,15,23H,5,8-9,11-12H2,1-3H3. The van der Waals surface area contributed by atoms with E-state index in [0.29, 0.717) is 12.2 Å². The molecule has 0 radical (unpaired) electrons. The number of benzene rings is 1. The van der Waals surface area contributed by atoms with E-state index in [2.05, 4.69) is 74.8 Å². The molecule has 1 rings (SSSR count). The van der Waals surface area contributed by atoms with Crippen LogP contribution < -0.4 is 0 Å². The van der Waals surface area contributed by atoms with E-state index in [4.69, 9.17) is 4.52 Å². The summed E-state index contributed by atoms with van der Waals surface area (Å²) >= 11 is 7.46. The van der Waals surface area contributed by atoms with Crippen molar-refractivity contribution >= 4 is 62.2 Å². The summed E-state index contributed by atoms with van der Waals surface area (Å²) in [5, 5.41) is 0. The largest absolute Gasteiger partial charge is 0.468 e. The average Bonchev–Trinajstić information content (AvgIpc) is 2.53. The van der Waals surface area contributed by atoms with Crippen LogP contribution in [0.15, 0.2) is 28.7 Å². The van der Waals surface area contributed by atoms with Crippen molar-refractivity contribution < 1.29 is 14.1 Å². The molecule has 0 amide bonds. The van der Waals surface area contributed by atoms with Crippen molar-refractivity contribution in [1.29, 1.82) is 0 Å². The summed E-state index contributed by atoms with van der Waals surface area (Å²) in [4.78, 5) is 11.2. The minimum Gasteiger partial charge on any atom is -0.468 e. The molecule has 0 heterocycles. The Hall–Kier alpha value is 0.640. The van der Waals surface area contributed by atoms with Gasteiger partial charge < -0.3 is 9.26 Å². The van der Waals surface area contributed by atoms with Gasteiger partial charge in [-0.05, 0) is 70.2 Å². The molecular weight excluding hydrogens is 522 g/mol. The summed E-state index contributed by atoms with van der Waals surface area (Å²) in [7, 11) is 1.43. The number of carbonyl (C=O) groups is 1. The number of rotatable bonds is 11. The fourth-order valence-corrected chi connectivity index (χ4v) is 5.14. The van der Waals surface area contributed by atoms with Crippen LogP contribution in [0.4, 0.5) is 0 Å². The van der Waals surface area contributed by atoms with Gasteiger partial charge in [0.15, 0.2) is 0 Å². The molecule has 3 nitrogen and oxygen atoms in total. The molecule has 0 spiro atoms. The molecule has 7 heteroatoms. The highest BCUT2D eigenvalue weighted by Gasteiger charge is 2.20. The monoisotopic (exact) mass is 546 g/mol. The molecule has 0 fully saturated rings. The number of halogens is 2. The number of methoxy groups -OCH3 is 1. The van der Waals surface area contributed by atoms with Crippen molar-refractivity contribution in [2.45, 2.75) is 39.2 Å². The number of hydrogen-bond acceptors (Lipinski definition) is 4. The van der Waals surface area contributed by atoms with E-state index in [-0.39, 0.29) is 17.5 Å². The van der Waals surface area contributed by atoms with E-state index in [9.17, 15) is 4.79 Å². The molecule has 2 atom stereocenters. The lowest BCUT2D eigenvalue weighted by Crippen LogP contribution is -2.17. The second-order valence-electron chi connectivity index (χ2n) is 6.36. The van der Waals surface area contributed by atoms with Crippen molar-refractivity contribution in [3.8, 4) is 0 Å². The van der Waals surface area contributed by atoms with Crippen molar-refractivity contribution in [3.63, 3.8) is 0 Å². The zero-order chi connectivity index (χ0) is 18.0. The van der Waals surface area contributed by atoms with E-state index < -0.39 is 0 Å². The molecule has 0 aliphatic heterocycles. The normalized spacial score (nSPS) is 13.4. The predicted molar refractivity (Wildman–Crippen MR) is 117 cm³/mol. The van der Waals surface area contributed by atoms with E-state index >= 15 is 0 Å². The first-order valence-electron chi connectivity index (χ1n) is 7.79. The molecule has 136 valence electrons. The molecule has 0 aliphatic carbocycles. The van der Waals surface area contributed by atoms with Gasteiger partial charge in [0.25, 0.3) is 0 Å². The first kappa shape index (κ1) is 22.7. The first-order chi connectivity index (χ1) is 11.4. The third kappa shape index (κ3) is 9.37. The lowest BCUT2D eigenvalue weighted by molar-refractivity contribution is -0.137.